The summed E-state index contributed by atoms with van der Waals surface area (Å²) in [6.07, 6.45) is 11.2. The lowest BCUT2D eigenvalue weighted by molar-refractivity contribution is -0.138. The van der Waals surface area contributed by atoms with E-state index in [0.717, 1.165) is 49.8 Å². The number of carboxylic acid groups (broad SMARTS) is 1. The molecule has 2 heterocycles. The van der Waals surface area contributed by atoms with Crippen LogP contribution in [0.15, 0.2) is 18.2 Å². The fourth-order valence-corrected chi connectivity index (χ4v) is 4.70. The first-order valence-electron chi connectivity index (χ1n) is 12.7. The van der Waals surface area contributed by atoms with E-state index in [1.54, 1.807) is 18.2 Å². The molecule has 3 rings (SSSR count). The Balaban J connectivity index is 1.36. The Morgan fingerprint density at radius 1 is 0.914 bits per heavy atom. The minimum absolute atomic E-state index is 0.0989. The van der Waals surface area contributed by atoms with E-state index in [4.69, 9.17) is 5.11 Å². The van der Waals surface area contributed by atoms with E-state index in [1.165, 1.54) is 19.3 Å². The number of hydrogen-bond donors (Lipinski definition) is 3. The molecule has 0 aliphatic carbocycles. The number of anilines is 1. The van der Waals surface area contributed by atoms with Crippen molar-refractivity contribution < 1.29 is 29.1 Å². The zero-order chi connectivity index (χ0) is 25.2. The monoisotopic (exact) mass is 485 g/mol. The molecule has 0 bridgehead atoms. The van der Waals surface area contributed by atoms with Crippen LogP contribution in [-0.4, -0.2) is 52.2 Å². The Labute approximate surface area is 205 Å². The van der Waals surface area contributed by atoms with Gasteiger partial charge in [0.1, 0.15) is 6.04 Å². The summed E-state index contributed by atoms with van der Waals surface area (Å²) in [7, 11) is 0. The highest BCUT2D eigenvalue weighted by atomic mass is 16.4. The van der Waals surface area contributed by atoms with E-state index in [1.807, 2.05) is 0 Å². The number of rotatable bonds is 15. The van der Waals surface area contributed by atoms with Gasteiger partial charge < -0.3 is 10.4 Å². The molecule has 190 valence electrons. The van der Waals surface area contributed by atoms with Crippen molar-refractivity contribution >= 4 is 35.3 Å². The minimum atomic E-state index is -0.960. The summed E-state index contributed by atoms with van der Waals surface area (Å²) in [5.74, 6) is -2.71. The van der Waals surface area contributed by atoms with Crippen molar-refractivity contribution in [3.05, 3.63) is 29.3 Å². The lowest BCUT2D eigenvalue weighted by atomic mass is 10.0. The first kappa shape index (κ1) is 26.4. The lowest BCUT2D eigenvalue weighted by Crippen LogP contribution is -2.54. The third kappa shape index (κ3) is 7.13. The number of nitrogens with one attached hydrogen (secondary N) is 2. The van der Waals surface area contributed by atoms with E-state index >= 15 is 0 Å². The molecule has 4 amide bonds. The maximum Gasteiger partial charge on any atom is 0.303 e. The molecule has 2 aliphatic heterocycles. The van der Waals surface area contributed by atoms with Crippen molar-refractivity contribution in [3.8, 4) is 0 Å². The zero-order valence-electron chi connectivity index (χ0n) is 20.1. The van der Waals surface area contributed by atoms with Crippen molar-refractivity contribution in [3.63, 3.8) is 0 Å². The molecular weight excluding hydrogens is 450 g/mol. The average molecular weight is 486 g/mol. The van der Waals surface area contributed by atoms with Crippen molar-refractivity contribution in [2.24, 2.45) is 0 Å². The van der Waals surface area contributed by atoms with Crippen LogP contribution in [0.5, 0.6) is 0 Å². The quantitative estimate of drug-likeness (QED) is 0.254. The van der Waals surface area contributed by atoms with Crippen LogP contribution in [0, 0.1) is 0 Å². The van der Waals surface area contributed by atoms with Crippen LogP contribution in [0.3, 0.4) is 0 Å². The number of fused-ring (bicyclic) bond motifs is 1. The van der Waals surface area contributed by atoms with Gasteiger partial charge in [0.05, 0.1) is 11.1 Å². The predicted octanol–water partition coefficient (Wildman–Crippen LogP) is 3.88. The van der Waals surface area contributed by atoms with Crippen LogP contribution in [-0.2, 0) is 14.4 Å². The number of benzene rings is 1. The van der Waals surface area contributed by atoms with Gasteiger partial charge in [0.2, 0.25) is 11.8 Å². The summed E-state index contributed by atoms with van der Waals surface area (Å²) in [4.78, 5) is 61.1. The van der Waals surface area contributed by atoms with Gasteiger partial charge in [-0.05, 0) is 31.4 Å². The van der Waals surface area contributed by atoms with Crippen LogP contribution in [0.4, 0.5) is 5.69 Å². The molecule has 0 radical (unpaired) electrons. The number of carboxylic acids is 1. The molecule has 1 aromatic carbocycles. The highest BCUT2D eigenvalue weighted by Crippen LogP contribution is 2.32. The highest BCUT2D eigenvalue weighted by Gasteiger charge is 2.45. The summed E-state index contributed by atoms with van der Waals surface area (Å²) in [6.45, 7) is 0.680. The molecule has 0 saturated carbocycles. The topological polar surface area (TPSA) is 133 Å². The van der Waals surface area contributed by atoms with E-state index in [9.17, 15) is 24.0 Å². The number of carbonyl (C=O) groups is 5. The summed E-state index contributed by atoms with van der Waals surface area (Å²) in [5, 5.41) is 14.1. The summed E-state index contributed by atoms with van der Waals surface area (Å²) in [5.41, 5.74) is 1.18. The van der Waals surface area contributed by atoms with Crippen molar-refractivity contribution in [2.75, 3.05) is 11.9 Å². The number of piperidine rings is 1. The second-order valence-corrected chi connectivity index (χ2v) is 9.28. The molecule has 0 spiro atoms. The fourth-order valence-electron chi connectivity index (χ4n) is 4.70. The average Bonchev–Trinajstić information content (AvgIpc) is 3.07. The normalized spacial score (nSPS) is 17.5. The van der Waals surface area contributed by atoms with Gasteiger partial charge in [-0.2, -0.15) is 0 Å². The second-order valence-electron chi connectivity index (χ2n) is 9.28. The molecule has 1 atom stereocenters. The molecule has 2 aliphatic rings. The Bertz CT molecular complexity index is 960. The number of amides is 4. The molecule has 9 nitrogen and oxygen atoms in total. The van der Waals surface area contributed by atoms with Gasteiger partial charge in [-0.15, -0.1) is 0 Å². The Hall–Kier alpha value is -3.23. The largest absolute Gasteiger partial charge is 0.481 e. The van der Waals surface area contributed by atoms with Gasteiger partial charge in [-0.3, -0.25) is 34.2 Å². The Kier molecular flexibility index (Phi) is 9.81. The SMILES string of the molecule is O=C(O)CCCCCCCCCCCCNc1cccc2c1C(=O)N(C1CCC(=O)NC1=O)C2=O. The smallest absolute Gasteiger partial charge is 0.303 e. The van der Waals surface area contributed by atoms with Gasteiger partial charge in [0.15, 0.2) is 0 Å². The fraction of sp³-hybridized carbons (Fsp3) is 0.577. The van der Waals surface area contributed by atoms with Crippen molar-refractivity contribution in [1.82, 2.24) is 10.2 Å². The van der Waals surface area contributed by atoms with Crippen molar-refractivity contribution in [2.45, 2.75) is 89.5 Å². The van der Waals surface area contributed by atoms with Crippen LogP contribution in [0.25, 0.3) is 0 Å². The third-order valence-corrected chi connectivity index (χ3v) is 6.60. The van der Waals surface area contributed by atoms with Gasteiger partial charge in [-0.1, -0.05) is 57.4 Å². The van der Waals surface area contributed by atoms with Crippen molar-refractivity contribution in [1.29, 1.82) is 0 Å². The first-order valence-corrected chi connectivity index (χ1v) is 12.7. The van der Waals surface area contributed by atoms with Crippen LogP contribution in [0.2, 0.25) is 0 Å². The molecule has 1 aromatic rings. The van der Waals surface area contributed by atoms with E-state index in [-0.39, 0.29) is 24.8 Å². The Morgan fingerprint density at radius 3 is 2.17 bits per heavy atom. The molecule has 9 heteroatoms. The number of carbonyl (C=O) groups excluding carboxylic acids is 4. The summed E-state index contributed by atoms with van der Waals surface area (Å²) in [6, 6.07) is 4.13. The number of hydrogen-bond acceptors (Lipinski definition) is 6. The van der Waals surface area contributed by atoms with Crippen LogP contribution in [0.1, 0.15) is 104 Å². The standard InChI is InChI=1S/C26H35N3O6/c30-21-16-15-20(24(33)28-21)29-25(34)18-12-11-13-19(23(18)26(29)35)27-17-10-8-6-4-2-1-3-5-7-9-14-22(31)32/h11-13,20,27H,1-10,14-17H2,(H,31,32)(H,28,30,33). The van der Waals surface area contributed by atoms with E-state index in [2.05, 4.69) is 10.6 Å². The number of imide groups is 2. The number of nitrogens with zero attached hydrogens (tertiary/aromatic N) is 1. The maximum atomic E-state index is 13.1. The summed E-state index contributed by atoms with van der Waals surface area (Å²) >= 11 is 0. The molecule has 1 fully saturated rings. The summed E-state index contributed by atoms with van der Waals surface area (Å²) < 4.78 is 0. The molecular formula is C26H35N3O6. The van der Waals surface area contributed by atoms with Crippen LogP contribution < -0.4 is 10.6 Å². The number of aliphatic carboxylic acids is 1. The van der Waals surface area contributed by atoms with Gasteiger partial charge in [0.25, 0.3) is 11.8 Å². The minimum Gasteiger partial charge on any atom is -0.481 e. The maximum absolute atomic E-state index is 13.1. The van der Waals surface area contributed by atoms with Crippen LogP contribution >= 0.6 is 0 Å². The first-order chi connectivity index (χ1) is 16.9. The zero-order valence-corrected chi connectivity index (χ0v) is 20.1. The van der Waals surface area contributed by atoms with Gasteiger partial charge in [0, 0.05) is 25.1 Å². The Morgan fingerprint density at radius 2 is 1.54 bits per heavy atom. The van der Waals surface area contributed by atoms with E-state index in [0.29, 0.717) is 17.8 Å². The molecule has 1 saturated heterocycles. The lowest BCUT2D eigenvalue weighted by Gasteiger charge is -2.27. The van der Waals surface area contributed by atoms with E-state index < -0.39 is 35.6 Å². The molecule has 1 unspecified atom stereocenters. The van der Waals surface area contributed by atoms with Gasteiger partial charge >= 0.3 is 5.97 Å². The highest BCUT2D eigenvalue weighted by molar-refractivity contribution is 6.25. The predicted molar refractivity (Wildman–Crippen MR) is 130 cm³/mol. The second kappa shape index (κ2) is 13.0. The van der Waals surface area contributed by atoms with Gasteiger partial charge in [-0.25, -0.2) is 0 Å². The third-order valence-electron chi connectivity index (χ3n) is 6.60. The molecule has 3 N–H and O–H groups in total. The number of unbranched alkanes of at least 4 members (excludes halogenated alkanes) is 9. The molecule has 35 heavy (non-hydrogen) atoms. The molecule has 0 aromatic heterocycles.